The zero-order valence-corrected chi connectivity index (χ0v) is 16.4. The Balaban J connectivity index is 1.57. The number of hydrogen-bond donors (Lipinski definition) is 1. The van der Waals surface area contributed by atoms with Gasteiger partial charge in [-0.15, -0.1) is 0 Å². The Morgan fingerprint density at radius 1 is 0.893 bits per heavy atom. The van der Waals surface area contributed by atoms with Crippen molar-refractivity contribution in [1.29, 1.82) is 0 Å². The number of benzene rings is 3. The van der Waals surface area contributed by atoms with Gasteiger partial charge in [0.15, 0.2) is 0 Å². The van der Waals surface area contributed by atoms with Crippen molar-refractivity contribution in [3.05, 3.63) is 88.9 Å². The monoisotopic (exact) mass is 385 g/mol. The normalized spacial score (nSPS) is 12.6. The molecule has 1 N–H and O–H groups in total. The molecule has 0 spiro atoms. The molecule has 4 heteroatoms. The minimum absolute atomic E-state index is 0.758. The Morgan fingerprint density at radius 3 is 2.36 bits per heavy atom. The highest BCUT2D eigenvalue weighted by molar-refractivity contribution is 6.31. The maximum Gasteiger partial charge on any atom is 0.133 e. The molecule has 1 aliphatic heterocycles. The van der Waals surface area contributed by atoms with Gasteiger partial charge in [0.1, 0.15) is 5.82 Å². The van der Waals surface area contributed by atoms with Crippen LogP contribution in [0.2, 0.25) is 5.02 Å². The maximum atomic E-state index is 6.35. The van der Waals surface area contributed by atoms with Crippen LogP contribution in [0.3, 0.4) is 0 Å². The van der Waals surface area contributed by atoms with Crippen molar-refractivity contribution in [2.75, 3.05) is 11.9 Å². The van der Waals surface area contributed by atoms with Gasteiger partial charge >= 0.3 is 0 Å². The van der Waals surface area contributed by atoms with Crippen molar-refractivity contribution in [2.45, 2.75) is 13.3 Å². The molecule has 0 aliphatic carbocycles. The Labute approximate surface area is 169 Å². The second kappa shape index (κ2) is 6.84. The summed E-state index contributed by atoms with van der Waals surface area (Å²) in [7, 11) is 0. The van der Waals surface area contributed by atoms with E-state index in [1.165, 1.54) is 16.7 Å². The molecule has 3 aromatic carbocycles. The molecule has 4 aromatic rings. The van der Waals surface area contributed by atoms with Gasteiger partial charge in [-0.05, 0) is 42.2 Å². The Bertz CT molecular complexity index is 1140. The van der Waals surface area contributed by atoms with E-state index in [2.05, 4.69) is 59.9 Å². The summed E-state index contributed by atoms with van der Waals surface area (Å²) in [5, 5.41) is 9.18. The number of rotatable bonds is 3. The molecular weight excluding hydrogens is 366 g/mol. The van der Waals surface area contributed by atoms with Gasteiger partial charge < -0.3 is 5.32 Å². The van der Waals surface area contributed by atoms with Gasteiger partial charge in [-0.25, -0.2) is 4.68 Å². The van der Waals surface area contributed by atoms with Gasteiger partial charge in [-0.3, -0.25) is 0 Å². The molecular formula is C24H20ClN3. The topological polar surface area (TPSA) is 29.9 Å². The fourth-order valence-corrected chi connectivity index (χ4v) is 3.93. The van der Waals surface area contributed by atoms with Crippen LogP contribution >= 0.6 is 11.6 Å². The smallest absolute Gasteiger partial charge is 0.133 e. The van der Waals surface area contributed by atoms with E-state index in [0.717, 1.165) is 46.3 Å². The fourth-order valence-electron chi connectivity index (χ4n) is 3.76. The zero-order chi connectivity index (χ0) is 19.1. The van der Waals surface area contributed by atoms with Crippen molar-refractivity contribution >= 4 is 17.4 Å². The van der Waals surface area contributed by atoms with Crippen LogP contribution in [0, 0.1) is 6.92 Å². The Hall–Kier alpha value is -3.04. The highest BCUT2D eigenvalue weighted by Gasteiger charge is 2.24. The van der Waals surface area contributed by atoms with Gasteiger partial charge in [0.05, 0.1) is 11.4 Å². The van der Waals surface area contributed by atoms with Crippen LogP contribution in [-0.4, -0.2) is 16.3 Å². The fraction of sp³-hybridized carbons (Fsp3) is 0.125. The maximum absolute atomic E-state index is 6.35. The molecule has 3 nitrogen and oxygen atoms in total. The molecule has 0 unspecified atom stereocenters. The lowest BCUT2D eigenvalue weighted by Crippen LogP contribution is -2.04. The van der Waals surface area contributed by atoms with Crippen molar-refractivity contribution in [3.8, 4) is 28.1 Å². The third-order valence-electron chi connectivity index (χ3n) is 5.32. The van der Waals surface area contributed by atoms with Crippen LogP contribution in [0.1, 0.15) is 11.1 Å². The summed E-state index contributed by atoms with van der Waals surface area (Å²) in [6.07, 6.45) is 0.977. The lowest BCUT2D eigenvalue weighted by molar-refractivity contribution is 0.882. The average Bonchev–Trinajstić information content (AvgIpc) is 3.34. The molecule has 5 rings (SSSR count). The number of hydrogen-bond acceptors (Lipinski definition) is 2. The lowest BCUT2D eigenvalue weighted by atomic mass is 10.0. The van der Waals surface area contributed by atoms with E-state index in [4.69, 9.17) is 16.7 Å². The Morgan fingerprint density at radius 2 is 1.61 bits per heavy atom. The number of aryl methyl sites for hydroxylation is 1. The molecule has 1 aliphatic rings. The largest absolute Gasteiger partial charge is 0.369 e. The van der Waals surface area contributed by atoms with E-state index < -0.39 is 0 Å². The number of nitrogens with zero attached hydrogens (tertiary/aromatic N) is 2. The van der Waals surface area contributed by atoms with Gasteiger partial charge in [-0.1, -0.05) is 72.3 Å². The number of nitrogens with one attached hydrogen (secondary N) is 1. The molecule has 138 valence electrons. The minimum Gasteiger partial charge on any atom is -0.369 e. The predicted molar refractivity (Wildman–Crippen MR) is 116 cm³/mol. The van der Waals surface area contributed by atoms with Crippen molar-refractivity contribution in [3.63, 3.8) is 0 Å². The molecule has 0 fully saturated rings. The first-order valence-corrected chi connectivity index (χ1v) is 9.86. The highest BCUT2D eigenvalue weighted by Crippen LogP contribution is 2.36. The number of fused-ring (bicyclic) bond motifs is 1. The average molecular weight is 386 g/mol. The summed E-state index contributed by atoms with van der Waals surface area (Å²) in [6.45, 7) is 2.94. The molecule has 0 radical (unpaired) electrons. The van der Waals surface area contributed by atoms with E-state index in [-0.39, 0.29) is 0 Å². The summed E-state index contributed by atoms with van der Waals surface area (Å²) in [6, 6.07) is 25.2. The van der Waals surface area contributed by atoms with Crippen LogP contribution in [0.15, 0.2) is 72.8 Å². The van der Waals surface area contributed by atoms with E-state index in [0.29, 0.717) is 0 Å². The summed E-state index contributed by atoms with van der Waals surface area (Å²) in [5.74, 6) is 1.07. The highest BCUT2D eigenvalue weighted by atomic mass is 35.5. The van der Waals surface area contributed by atoms with Crippen molar-refractivity contribution in [1.82, 2.24) is 9.78 Å². The van der Waals surface area contributed by atoms with Gasteiger partial charge in [0.25, 0.3) is 0 Å². The molecule has 2 heterocycles. The summed E-state index contributed by atoms with van der Waals surface area (Å²) < 4.78 is 1.98. The first-order valence-electron chi connectivity index (χ1n) is 9.49. The minimum atomic E-state index is 0.758. The second-order valence-corrected chi connectivity index (χ2v) is 7.55. The SMILES string of the molecule is Cc1ccc(-n2nc(-c3ccc(-c4ccccc4)cc3)c3c2NCC3)cc1Cl. The Kier molecular flexibility index (Phi) is 4.18. The molecule has 28 heavy (non-hydrogen) atoms. The molecule has 0 bridgehead atoms. The van der Waals surface area contributed by atoms with Gasteiger partial charge in [0, 0.05) is 22.7 Å². The number of anilines is 1. The summed E-state index contributed by atoms with van der Waals surface area (Å²) >= 11 is 6.35. The summed E-state index contributed by atoms with van der Waals surface area (Å²) in [4.78, 5) is 0. The predicted octanol–water partition coefficient (Wildman–Crippen LogP) is 6.14. The third kappa shape index (κ3) is 2.88. The quantitative estimate of drug-likeness (QED) is 0.459. The molecule has 0 amide bonds. The summed E-state index contributed by atoms with van der Waals surface area (Å²) in [5.41, 5.74) is 7.93. The zero-order valence-electron chi connectivity index (χ0n) is 15.6. The van der Waals surface area contributed by atoms with Gasteiger partial charge in [-0.2, -0.15) is 5.10 Å². The van der Waals surface area contributed by atoms with Crippen molar-refractivity contribution < 1.29 is 0 Å². The van der Waals surface area contributed by atoms with Crippen LogP contribution in [0.25, 0.3) is 28.1 Å². The van der Waals surface area contributed by atoms with E-state index in [1.54, 1.807) is 0 Å². The first-order chi connectivity index (χ1) is 13.7. The number of aromatic nitrogens is 2. The second-order valence-electron chi connectivity index (χ2n) is 7.14. The van der Waals surface area contributed by atoms with E-state index in [1.807, 2.05) is 29.8 Å². The molecule has 0 saturated carbocycles. The molecule has 0 atom stereocenters. The van der Waals surface area contributed by atoms with Gasteiger partial charge in [0.2, 0.25) is 0 Å². The van der Waals surface area contributed by atoms with Crippen LogP contribution in [-0.2, 0) is 6.42 Å². The molecule has 0 saturated heterocycles. The van der Waals surface area contributed by atoms with Crippen LogP contribution < -0.4 is 5.32 Å². The standard InChI is InChI=1S/C24H20ClN3/c1-16-7-12-20(15-22(16)25)28-24-21(13-14-26-24)23(27-28)19-10-8-18(9-11-19)17-5-3-2-4-6-17/h2-12,15,26H,13-14H2,1H3. The van der Waals surface area contributed by atoms with E-state index in [9.17, 15) is 0 Å². The first kappa shape index (κ1) is 17.1. The van der Waals surface area contributed by atoms with Crippen LogP contribution in [0.5, 0.6) is 0 Å². The lowest BCUT2D eigenvalue weighted by Gasteiger charge is -2.08. The van der Waals surface area contributed by atoms with E-state index >= 15 is 0 Å². The van der Waals surface area contributed by atoms with Crippen LogP contribution in [0.4, 0.5) is 5.82 Å². The third-order valence-corrected chi connectivity index (χ3v) is 5.72. The number of halogens is 1. The van der Waals surface area contributed by atoms with Crippen molar-refractivity contribution in [2.24, 2.45) is 0 Å². The molecule has 1 aromatic heterocycles.